The van der Waals surface area contributed by atoms with Gasteiger partial charge in [0.1, 0.15) is 9.84 Å². The summed E-state index contributed by atoms with van der Waals surface area (Å²) in [6.45, 7) is 0. The molecule has 1 atom stereocenters. The van der Waals surface area contributed by atoms with Crippen LogP contribution in [0.15, 0.2) is 18.2 Å². The van der Waals surface area contributed by atoms with Crippen LogP contribution in [-0.2, 0) is 16.3 Å². The van der Waals surface area contributed by atoms with Crippen LogP contribution >= 0.6 is 0 Å². The average Bonchev–Trinajstić information content (AvgIpc) is 2.28. The Bertz CT molecular complexity index is 506. The van der Waals surface area contributed by atoms with E-state index < -0.39 is 21.5 Å². The zero-order valence-corrected chi connectivity index (χ0v) is 10.8. The number of hydrogen-bond acceptors (Lipinski definition) is 4. The van der Waals surface area contributed by atoms with Gasteiger partial charge < -0.3 is 0 Å². The molecule has 0 bridgehead atoms. The van der Waals surface area contributed by atoms with E-state index in [9.17, 15) is 17.2 Å². The molecule has 0 aliphatic rings. The van der Waals surface area contributed by atoms with Gasteiger partial charge in [-0.05, 0) is 30.5 Å². The fourth-order valence-corrected chi connectivity index (χ4v) is 2.26. The van der Waals surface area contributed by atoms with E-state index in [0.717, 1.165) is 18.4 Å². The summed E-state index contributed by atoms with van der Waals surface area (Å²) in [4.78, 5) is 0. The third-order valence-corrected chi connectivity index (χ3v) is 3.52. The van der Waals surface area contributed by atoms with Crippen LogP contribution in [0.4, 0.5) is 8.78 Å². The first-order chi connectivity index (χ1) is 8.31. The van der Waals surface area contributed by atoms with E-state index in [1.165, 1.54) is 6.07 Å². The first-order valence-electron chi connectivity index (χ1n) is 5.39. The van der Waals surface area contributed by atoms with Crippen LogP contribution < -0.4 is 11.3 Å². The third-order valence-electron chi connectivity index (χ3n) is 2.54. The van der Waals surface area contributed by atoms with Crippen LogP contribution in [0, 0.1) is 11.6 Å². The Kier molecular flexibility index (Phi) is 5.18. The van der Waals surface area contributed by atoms with Crippen molar-refractivity contribution in [3.63, 3.8) is 0 Å². The topological polar surface area (TPSA) is 72.2 Å². The zero-order chi connectivity index (χ0) is 13.8. The van der Waals surface area contributed by atoms with E-state index in [0.29, 0.717) is 18.4 Å². The monoisotopic (exact) mass is 278 g/mol. The molecule has 1 unspecified atom stereocenters. The molecule has 0 aliphatic heterocycles. The number of benzene rings is 1. The predicted molar refractivity (Wildman–Crippen MR) is 65.5 cm³/mol. The van der Waals surface area contributed by atoms with Gasteiger partial charge in [-0.15, -0.1) is 0 Å². The lowest BCUT2D eigenvalue weighted by molar-refractivity contribution is 0.492. The van der Waals surface area contributed by atoms with Gasteiger partial charge in [-0.25, -0.2) is 17.2 Å². The molecule has 1 aromatic rings. The minimum atomic E-state index is -3.07. The maximum Gasteiger partial charge on any atom is 0.159 e. The van der Waals surface area contributed by atoms with E-state index in [4.69, 9.17) is 5.84 Å². The van der Waals surface area contributed by atoms with Crippen molar-refractivity contribution >= 4 is 9.84 Å². The quantitative estimate of drug-likeness (QED) is 0.595. The van der Waals surface area contributed by atoms with E-state index >= 15 is 0 Å². The SMILES string of the molecule is CS(=O)(=O)CCC(Cc1ccc(F)c(F)c1)NN. The molecule has 0 heterocycles. The maximum atomic E-state index is 13.0. The second-order valence-electron chi connectivity index (χ2n) is 4.23. The summed E-state index contributed by atoms with van der Waals surface area (Å²) in [6, 6.07) is 3.27. The second kappa shape index (κ2) is 6.21. The molecule has 4 nitrogen and oxygen atoms in total. The Balaban J connectivity index is 2.65. The summed E-state index contributed by atoms with van der Waals surface area (Å²) < 4.78 is 47.8. The van der Waals surface area contributed by atoms with E-state index in [1.807, 2.05) is 0 Å². The van der Waals surface area contributed by atoms with Gasteiger partial charge in [0.2, 0.25) is 0 Å². The lowest BCUT2D eigenvalue weighted by atomic mass is 10.0. The smallest absolute Gasteiger partial charge is 0.159 e. The molecule has 1 aromatic carbocycles. The highest BCUT2D eigenvalue weighted by atomic mass is 32.2. The predicted octanol–water partition coefficient (Wildman–Crippen LogP) is 0.774. The standard InChI is InChI=1S/C11H16F2N2O2S/c1-18(16,17)5-4-9(15-14)6-8-2-3-10(12)11(13)7-8/h2-3,7,9,15H,4-6,14H2,1H3. The van der Waals surface area contributed by atoms with Crippen LogP contribution in [0.25, 0.3) is 0 Å². The van der Waals surface area contributed by atoms with Gasteiger partial charge in [-0.2, -0.15) is 0 Å². The normalized spacial score (nSPS) is 13.6. The van der Waals surface area contributed by atoms with Crippen molar-refractivity contribution in [2.24, 2.45) is 5.84 Å². The molecule has 7 heteroatoms. The summed E-state index contributed by atoms with van der Waals surface area (Å²) >= 11 is 0. The van der Waals surface area contributed by atoms with Gasteiger partial charge in [-0.3, -0.25) is 11.3 Å². The Hall–Kier alpha value is -1.05. The average molecular weight is 278 g/mol. The highest BCUT2D eigenvalue weighted by Gasteiger charge is 2.13. The molecule has 0 fully saturated rings. The van der Waals surface area contributed by atoms with Gasteiger partial charge in [0.05, 0.1) is 5.75 Å². The molecule has 0 saturated heterocycles. The number of sulfone groups is 1. The van der Waals surface area contributed by atoms with E-state index in [-0.39, 0.29) is 11.8 Å². The van der Waals surface area contributed by atoms with Crippen LogP contribution in [0.2, 0.25) is 0 Å². The van der Waals surface area contributed by atoms with Crippen molar-refractivity contribution in [3.8, 4) is 0 Å². The number of halogens is 2. The highest BCUT2D eigenvalue weighted by Crippen LogP contribution is 2.11. The number of nitrogens with two attached hydrogens (primary N) is 1. The van der Waals surface area contributed by atoms with Gasteiger partial charge >= 0.3 is 0 Å². The fourth-order valence-electron chi connectivity index (χ4n) is 1.55. The second-order valence-corrected chi connectivity index (χ2v) is 6.49. The van der Waals surface area contributed by atoms with Crippen molar-refractivity contribution in [1.29, 1.82) is 0 Å². The molecule has 3 N–H and O–H groups in total. The molecular formula is C11H16F2N2O2S. The van der Waals surface area contributed by atoms with Crippen LogP contribution in [0.5, 0.6) is 0 Å². The van der Waals surface area contributed by atoms with E-state index in [2.05, 4.69) is 5.43 Å². The summed E-state index contributed by atoms with van der Waals surface area (Å²) in [5.41, 5.74) is 3.04. The zero-order valence-electron chi connectivity index (χ0n) is 9.99. The van der Waals surface area contributed by atoms with Crippen molar-refractivity contribution in [3.05, 3.63) is 35.4 Å². The Morgan fingerprint density at radius 1 is 1.33 bits per heavy atom. The molecule has 0 radical (unpaired) electrons. The Morgan fingerprint density at radius 2 is 2.00 bits per heavy atom. The largest absolute Gasteiger partial charge is 0.271 e. The number of hydrogen-bond donors (Lipinski definition) is 2. The van der Waals surface area contributed by atoms with Gasteiger partial charge in [0.15, 0.2) is 11.6 Å². The molecule has 0 amide bonds. The highest BCUT2D eigenvalue weighted by molar-refractivity contribution is 7.90. The van der Waals surface area contributed by atoms with Gasteiger partial charge in [0, 0.05) is 12.3 Å². The molecule has 0 spiro atoms. The van der Waals surface area contributed by atoms with Crippen molar-refractivity contribution in [1.82, 2.24) is 5.43 Å². The molecule has 0 aliphatic carbocycles. The summed E-state index contributed by atoms with van der Waals surface area (Å²) in [6.07, 6.45) is 1.79. The fraction of sp³-hybridized carbons (Fsp3) is 0.455. The van der Waals surface area contributed by atoms with Crippen molar-refractivity contribution in [2.45, 2.75) is 18.9 Å². The van der Waals surface area contributed by atoms with E-state index in [1.54, 1.807) is 0 Å². The molecule has 102 valence electrons. The molecule has 0 saturated carbocycles. The Labute approximate surface area is 105 Å². The molecular weight excluding hydrogens is 262 g/mol. The lowest BCUT2D eigenvalue weighted by Crippen LogP contribution is -2.38. The summed E-state index contributed by atoms with van der Waals surface area (Å²) in [7, 11) is -3.07. The number of rotatable bonds is 6. The van der Waals surface area contributed by atoms with Crippen LogP contribution in [0.1, 0.15) is 12.0 Å². The molecule has 0 aromatic heterocycles. The maximum absolute atomic E-state index is 13.0. The first-order valence-corrected chi connectivity index (χ1v) is 7.45. The minimum Gasteiger partial charge on any atom is -0.271 e. The minimum absolute atomic E-state index is 0.00839. The van der Waals surface area contributed by atoms with Crippen LogP contribution in [-0.4, -0.2) is 26.5 Å². The summed E-state index contributed by atoms with van der Waals surface area (Å²) in [5.74, 6) is 3.46. The van der Waals surface area contributed by atoms with Crippen molar-refractivity contribution < 1.29 is 17.2 Å². The van der Waals surface area contributed by atoms with Crippen molar-refractivity contribution in [2.75, 3.05) is 12.0 Å². The van der Waals surface area contributed by atoms with Gasteiger partial charge in [0.25, 0.3) is 0 Å². The Morgan fingerprint density at radius 3 is 2.50 bits per heavy atom. The van der Waals surface area contributed by atoms with Crippen LogP contribution in [0.3, 0.4) is 0 Å². The lowest BCUT2D eigenvalue weighted by Gasteiger charge is -2.15. The summed E-state index contributed by atoms with van der Waals surface area (Å²) in [5, 5.41) is 0. The molecule has 1 rings (SSSR count). The van der Waals surface area contributed by atoms with Gasteiger partial charge in [-0.1, -0.05) is 6.07 Å². The first kappa shape index (κ1) is 15.0. The number of hydrazine groups is 1. The third kappa shape index (κ3) is 5.07. The number of nitrogens with one attached hydrogen (secondary N) is 1. The molecule has 18 heavy (non-hydrogen) atoms.